The summed E-state index contributed by atoms with van der Waals surface area (Å²) in [6.45, 7) is 9.66. The minimum Gasteiger partial charge on any atom is -0.493 e. The van der Waals surface area contributed by atoms with Crippen LogP contribution >= 0.6 is 0 Å². The van der Waals surface area contributed by atoms with Crippen LogP contribution in [0.2, 0.25) is 0 Å². The standard InChI is InChI=1S/C25H35N3O3/c1-19-8-6-7-9-21(19)17-27-10-12-28(13-11-27)25(29)18-26(3)16-22-15-24(31-5)23(30-4)14-20(22)2/h6-9,14-15H,10-13,16-18H2,1-5H3. The van der Waals surface area contributed by atoms with Crippen LogP contribution in [0.4, 0.5) is 0 Å². The lowest BCUT2D eigenvalue weighted by molar-refractivity contribution is -0.134. The van der Waals surface area contributed by atoms with Crippen LogP contribution in [0.5, 0.6) is 11.5 Å². The molecule has 0 unspecified atom stereocenters. The third kappa shape index (κ3) is 5.99. The number of piperazine rings is 1. The maximum Gasteiger partial charge on any atom is 0.236 e. The Bertz CT molecular complexity index is 892. The molecule has 3 rings (SSSR count). The molecule has 31 heavy (non-hydrogen) atoms. The molecule has 0 aromatic heterocycles. The highest BCUT2D eigenvalue weighted by Gasteiger charge is 2.22. The highest BCUT2D eigenvalue weighted by atomic mass is 16.5. The van der Waals surface area contributed by atoms with Gasteiger partial charge in [0.25, 0.3) is 0 Å². The molecule has 0 aliphatic carbocycles. The van der Waals surface area contributed by atoms with Gasteiger partial charge in [-0.1, -0.05) is 24.3 Å². The van der Waals surface area contributed by atoms with E-state index in [1.165, 1.54) is 11.1 Å². The van der Waals surface area contributed by atoms with Crippen molar-refractivity contribution in [2.75, 3.05) is 54.0 Å². The Morgan fingerprint density at radius 2 is 1.58 bits per heavy atom. The van der Waals surface area contributed by atoms with Crippen molar-refractivity contribution < 1.29 is 14.3 Å². The van der Waals surface area contributed by atoms with E-state index in [-0.39, 0.29) is 5.91 Å². The van der Waals surface area contributed by atoms with E-state index in [0.717, 1.165) is 49.6 Å². The third-order valence-corrected chi connectivity index (χ3v) is 6.07. The minimum absolute atomic E-state index is 0.191. The number of hydrogen-bond donors (Lipinski definition) is 0. The Morgan fingerprint density at radius 3 is 2.23 bits per heavy atom. The molecule has 0 spiro atoms. The zero-order valence-electron chi connectivity index (χ0n) is 19.5. The maximum absolute atomic E-state index is 12.8. The predicted molar refractivity (Wildman–Crippen MR) is 124 cm³/mol. The van der Waals surface area contributed by atoms with E-state index >= 15 is 0 Å². The predicted octanol–water partition coefficient (Wildman–Crippen LogP) is 3.10. The first-order chi connectivity index (χ1) is 14.9. The van der Waals surface area contributed by atoms with E-state index < -0.39 is 0 Å². The second kappa shape index (κ2) is 10.6. The Morgan fingerprint density at radius 1 is 0.935 bits per heavy atom. The summed E-state index contributed by atoms with van der Waals surface area (Å²) in [5, 5.41) is 0. The second-order valence-corrected chi connectivity index (χ2v) is 8.39. The quantitative estimate of drug-likeness (QED) is 0.650. The molecular weight excluding hydrogens is 390 g/mol. The molecule has 168 valence electrons. The number of nitrogens with zero attached hydrogens (tertiary/aromatic N) is 3. The lowest BCUT2D eigenvalue weighted by Crippen LogP contribution is -2.50. The van der Waals surface area contributed by atoms with Crippen LogP contribution in [-0.4, -0.2) is 74.6 Å². The van der Waals surface area contributed by atoms with Crippen molar-refractivity contribution in [1.29, 1.82) is 0 Å². The van der Waals surface area contributed by atoms with Crippen molar-refractivity contribution in [3.8, 4) is 11.5 Å². The van der Waals surface area contributed by atoms with Gasteiger partial charge in [0.15, 0.2) is 11.5 Å². The number of methoxy groups -OCH3 is 2. The molecule has 0 bridgehead atoms. The van der Waals surface area contributed by atoms with E-state index in [2.05, 4.69) is 47.9 Å². The van der Waals surface area contributed by atoms with Gasteiger partial charge in [0, 0.05) is 39.3 Å². The van der Waals surface area contributed by atoms with E-state index in [0.29, 0.717) is 18.8 Å². The first-order valence-electron chi connectivity index (χ1n) is 10.9. The number of likely N-dealkylation sites (N-methyl/N-ethyl adjacent to an activating group) is 1. The average Bonchev–Trinajstić information content (AvgIpc) is 2.76. The SMILES string of the molecule is COc1cc(C)c(CN(C)CC(=O)N2CCN(Cc3ccccc3C)CC2)cc1OC. The van der Waals surface area contributed by atoms with E-state index in [9.17, 15) is 4.79 Å². The van der Waals surface area contributed by atoms with E-state index in [1.807, 2.05) is 24.1 Å². The molecule has 0 atom stereocenters. The molecule has 1 amide bonds. The van der Waals surface area contributed by atoms with Crippen molar-refractivity contribution >= 4 is 5.91 Å². The topological polar surface area (TPSA) is 45.2 Å². The maximum atomic E-state index is 12.8. The van der Waals surface area contributed by atoms with Crippen molar-refractivity contribution in [2.45, 2.75) is 26.9 Å². The van der Waals surface area contributed by atoms with Gasteiger partial charge in [-0.05, 0) is 55.3 Å². The van der Waals surface area contributed by atoms with Crippen LogP contribution in [0.3, 0.4) is 0 Å². The molecule has 6 heteroatoms. The largest absolute Gasteiger partial charge is 0.493 e. The van der Waals surface area contributed by atoms with Crippen molar-refractivity contribution in [3.63, 3.8) is 0 Å². The van der Waals surface area contributed by atoms with Crippen LogP contribution in [0.1, 0.15) is 22.3 Å². The zero-order valence-corrected chi connectivity index (χ0v) is 19.5. The number of rotatable bonds is 8. The monoisotopic (exact) mass is 425 g/mol. The molecule has 1 heterocycles. The molecule has 0 saturated carbocycles. The third-order valence-electron chi connectivity index (χ3n) is 6.07. The van der Waals surface area contributed by atoms with Crippen LogP contribution in [-0.2, 0) is 17.9 Å². The molecule has 0 radical (unpaired) electrons. The Kier molecular flexibility index (Phi) is 7.93. The van der Waals surface area contributed by atoms with Gasteiger partial charge in [0.1, 0.15) is 0 Å². The van der Waals surface area contributed by atoms with Crippen LogP contribution in [0.25, 0.3) is 0 Å². The summed E-state index contributed by atoms with van der Waals surface area (Å²) >= 11 is 0. The lowest BCUT2D eigenvalue weighted by atomic mass is 10.1. The number of benzene rings is 2. The molecular formula is C25H35N3O3. The van der Waals surface area contributed by atoms with Gasteiger partial charge in [-0.3, -0.25) is 14.6 Å². The molecule has 0 N–H and O–H groups in total. The van der Waals surface area contributed by atoms with Crippen LogP contribution in [0, 0.1) is 13.8 Å². The number of carbonyl (C=O) groups excluding carboxylic acids is 1. The van der Waals surface area contributed by atoms with Gasteiger partial charge in [0.2, 0.25) is 5.91 Å². The van der Waals surface area contributed by atoms with Crippen molar-refractivity contribution in [1.82, 2.24) is 14.7 Å². The summed E-state index contributed by atoms with van der Waals surface area (Å²) < 4.78 is 10.8. The van der Waals surface area contributed by atoms with Crippen LogP contribution < -0.4 is 9.47 Å². The minimum atomic E-state index is 0.191. The Labute approximate surface area is 186 Å². The molecule has 2 aromatic carbocycles. The number of carbonyl (C=O) groups is 1. The van der Waals surface area contributed by atoms with E-state index in [4.69, 9.17) is 9.47 Å². The Hall–Kier alpha value is -2.57. The highest BCUT2D eigenvalue weighted by Crippen LogP contribution is 2.30. The van der Waals surface area contributed by atoms with Gasteiger partial charge in [-0.25, -0.2) is 0 Å². The van der Waals surface area contributed by atoms with Gasteiger partial charge < -0.3 is 14.4 Å². The van der Waals surface area contributed by atoms with Gasteiger partial charge in [-0.2, -0.15) is 0 Å². The normalized spacial score (nSPS) is 14.7. The number of ether oxygens (including phenoxy) is 2. The molecule has 2 aromatic rings. The summed E-state index contributed by atoms with van der Waals surface area (Å²) in [4.78, 5) is 19.3. The molecule has 1 aliphatic rings. The highest BCUT2D eigenvalue weighted by molar-refractivity contribution is 5.78. The fourth-order valence-corrected chi connectivity index (χ4v) is 4.05. The fraction of sp³-hybridized carbons (Fsp3) is 0.480. The fourth-order valence-electron chi connectivity index (χ4n) is 4.05. The van der Waals surface area contributed by atoms with Crippen molar-refractivity contribution in [3.05, 3.63) is 58.7 Å². The van der Waals surface area contributed by atoms with E-state index in [1.54, 1.807) is 14.2 Å². The molecule has 1 saturated heterocycles. The summed E-state index contributed by atoms with van der Waals surface area (Å²) in [7, 11) is 5.27. The van der Waals surface area contributed by atoms with Crippen molar-refractivity contribution in [2.24, 2.45) is 0 Å². The first kappa shape index (κ1) is 23.1. The zero-order chi connectivity index (χ0) is 22.4. The summed E-state index contributed by atoms with van der Waals surface area (Å²) in [5.41, 5.74) is 4.96. The van der Waals surface area contributed by atoms with Gasteiger partial charge in [0.05, 0.1) is 20.8 Å². The number of aryl methyl sites for hydroxylation is 2. The smallest absolute Gasteiger partial charge is 0.236 e. The first-order valence-corrected chi connectivity index (χ1v) is 10.9. The number of hydrogen-bond acceptors (Lipinski definition) is 5. The number of amides is 1. The average molecular weight is 426 g/mol. The van der Waals surface area contributed by atoms with Gasteiger partial charge >= 0.3 is 0 Å². The van der Waals surface area contributed by atoms with Gasteiger partial charge in [-0.15, -0.1) is 0 Å². The summed E-state index contributed by atoms with van der Waals surface area (Å²) in [5.74, 6) is 1.63. The molecule has 6 nitrogen and oxygen atoms in total. The summed E-state index contributed by atoms with van der Waals surface area (Å²) in [6, 6.07) is 12.5. The van der Waals surface area contributed by atoms with Crippen LogP contribution in [0.15, 0.2) is 36.4 Å². The Balaban J connectivity index is 1.50. The summed E-state index contributed by atoms with van der Waals surface area (Å²) in [6.07, 6.45) is 0. The lowest BCUT2D eigenvalue weighted by Gasteiger charge is -2.35. The molecule has 1 fully saturated rings. The second-order valence-electron chi connectivity index (χ2n) is 8.39. The molecule has 1 aliphatic heterocycles.